The molecular weight excluding hydrogens is 306 g/mol. The minimum absolute atomic E-state index is 0.183. The first-order chi connectivity index (χ1) is 11.3. The monoisotopic (exact) mass is 329 g/mol. The van der Waals surface area contributed by atoms with Gasteiger partial charge in [-0.15, -0.1) is 5.10 Å². The maximum Gasteiger partial charge on any atom is 0.320 e. The van der Waals surface area contributed by atoms with Crippen molar-refractivity contribution in [1.82, 2.24) is 20.1 Å². The molecule has 0 spiro atoms. The second-order valence-electron chi connectivity index (χ2n) is 6.83. The minimum Gasteiger partial charge on any atom is -0.386 e. The predicted molar refractivity (Wildman–Crippen MR) is 90.9 cm³/mol. The summed E-state index contributed by atoms with van der Waals surface area (Å²) in [5.41, 5.74) is -0.205. The summed E-state index contributed by atoms with van der Waals surface area (Å²) in [6.45, 7) is 5.44. The molecule has 1 saturated carbocycles. The van der Waals surface area contributed by atoms with Crippen LogP contribution in [0.4, 0.5) is 10.6 Å². The van der Waals surface area contributed by atoms with E-state index in [4.69, 9.17) is 0 Å². The first-order valence-electron chi connectivity index (χ1n) is 8.15. The molecule has 3 N–H and O–H groups in total. The SMILES string of the molecule is C[C@H](NC(=O)Nc1ccn(-c2ccc(C(C)(C)O)cn2)n1)C1CC1. The van der Waals surface area contributed by atoms with E-state index in [1.165, 1.54) is 12.8 Å². The Balaban J connectivity index is 1.63. The van der Waals surface area contributed by atoms with E-state index in [2.05, 4.69) is 20.7 Å². The molecule has 0 saturated heterocycles. The maximum absolute atomic E-state index is 11.9. The van der Waals surface area contributed by atoms with Gasteiger partial charge >= 0.3 is 6.03 Å². The van der Waals surface area contributed by atoms with E-state index in [9.17, 15) is 9.90 Å². The lowest BCUT2D eigenvalue weighted by atomic mass is 10.0. The van der Waals surface area contributed by atoms with Crippen LogP contribution in [0.15, 0.2) is 30.6 Å². The lowest BCUT2D eigenvalue weighted by Crippen LogP contribution is -2.37. The molecule has 3 rings (SSSR count). The number of urea groups is 1. The largest absolute Gasteiger partial charge is 0.386 e. The van der Waals surface area contributed by atoms with Crippen LogP contribution in [0.5, 0.6) is 0 Å². The first-order valence-corrected chi connectivity index (χ1v) is 8.15. The van der Waals surface area contributed by atoms with Crippen molar-refractivity contribution in [3.05, 3.63) is 36.2 Å². The Hall–Kier alpha value is -2.41. The number of carbonyl (C=O) groups excluding carboxylic acids is 1. The summed E-state index contributed by atoms with van der Waals surface area (Å²) in [5.74, 6) is 1.68. The van der Waals surface area contributed by atoms with Crippen LogP contribution >= 0.6 is 0 Å². The quantitative estimate of drug-likeness (QED) is 0.785. The number of nitrogens with zero attached hydrogens (tertiary/aromatic N) is 3. The number of rotatable bonds is 5. The fraction of sp³-hybridized carbons (Fsp3) is 0.471. The Bertz CT molecular complexity index is 713. The van der Waals surface area contributed by atoms with Crippen molar-refractivity contribution in [1.29, 1.82) is 0 Å². The molecular formula is C17H23N5O2. The number of aliphatic hydroxyl groups is 1. The van der Waals surface area contributed by atoms with Crippen LogP contribution in [0.25, 0.3) is 5.82 Å². The summed E-state index contributed by atoms with van der Waals surface area (Å²) in [4.78, 5) is 16.2. The van der Waals surface area contributed by atoms with E-state index in [-0.39, 0.29) is 12.1 Å². The normalized spacial score (nSPS) is 15.8. The predicted octanol–water partition coefficient (Wildman–Crippen LogP) is 2.41. The number of hydrogen-bond donors (Lipinski definition) is 3. The van der Waals surface area contributed by atoms with E-state index in [0.29, 0.717) is 17.6 Å². The molecule has 1 atom stereocenters. The average molecular weight is 329 g/mol. The van der Waals surface area contributed by atoms with Gasteiger partial charge in [0.25, 0.3) is 0 Å². The van der Waals surface area contributed by atoms with Gasteiger partial charge in [-0.25, -0.2) is 14.5 Å². The van der Waals surface area contributed by atoms with Gasteiger partial charge in [0.2, 0.25) is 0 Å². The van der Waals surface area contributed by atoms with Gasteiger partial charge in [0.05, 0.1) is 5.60 Å². The highest BCUT2D eigenvalue weighted by Crippen LogP contribution is 2.32. The van der Waals surface area contributed by atoms with Crippen LogP contribution in [0, 0.1) is 5.92 Å². The van der Waals surface area contributed by atoms with E-state index in [0.717, 1.165) is 5.56 Å². The third kappa shape index (κ3) is 3.91. The number of carbonyl (C=O) groups is 1. The molecule has 1 aliphatic carbocycles. The summed E-state index contributed by atoms with van der Waals surface area (Å²) >= 11 is 0. The molecule has 7 nitrogen and oxygen atoms in total. The topological polar surface area (TPSA) is 92.1 Å². The van der Waals surface area contributed by atoms with Crippen molar-refractivity contribution in [2.45, 2.75) is 45.3 Å². The summed E-state index contributed by atoms with van der Waals surface area (Å²) in [6.07, 6.45) is 5.71. The Morgan fingerprint density at radius 3 is 2.71 bits per heavy atom. The zero-order chi connectivity index (χ0) is 17.3. The van der Waals surface area contributed by atoms with Crippen molar-refractivity contribution >= 4 is 11.8 Å². The second kappa shape index (κ2) is 6.24. The van der Waals surface area contributed by atoms with Crippen LogP contribution < -0.4 is 10.6 Å². The minimum atomic E-state index is -0.932. The number of pyridine rings is 1. The molecule has 2 aromatic rings. The highest BCUT2D eigenvalue weighted by molar-refractivity contribution is 5.88. The number of hydrogen-bond acceptors (Lipinski definition) is 4. The van der Waals surface area contributed by atoms with Gasteiger partial charge in [-0.1, -0.05) is 6.07 Å². The van der Waals surface area contributed by atoms with E-state index in [1.807, 2.05) is 6.92 Å². The molecule has 7 heteroatoms. The third-order valence-corrected chi connectivity index (χ3v) is 4.21. The zero-order valence-corrected chi connectivity index (χ0v) is 14.2. The molecule has 2 amide bonds. The summed E-state index contributed by atoms with van der Waals surface area (Å²) in [7, 11) is 0. The Labute approximate surface area is 141 Å². The standard InChI is InChI=1S/C17H23N5O2/c1-11(12-4-5-12)19-16(23)20-14-8-9-22(21-14)15-7-6-13(10-18-15)17(2,3)24/h6-12,24H,4-5H2,1-3H3,(H2,19,20,21,23)/t11-/m0/s1. The fourth-order valence-electron chi connectivity index (χ4n) is 2.47. The van der Waals surface area contributed by atoms with E-state index < -0.39 is 5.60 Å². The second-order valence-corrected chi connectivity index (χ2v) is 6.83. The number of nitrogens with one attached hydrogen (secondary N) is 2. The lowest BCUT2D eigenvalue weighted by Gasteiger charge is -2.17. The number of aromatic nitrogens is 3. The van der Waals surface area contributed by atoms with Gasteiger partial charge in [-0.05, 0) is 45.6 Å². The molecule has 0 bridgehead atoms. The molecule has 0 unspecified atom stereocenters. The van der Waals surface area contributed by atoms with Gasteiger partial charge in [0.1, 0.15) is 0 Å². The molecule has 128 valence electrons. The molecule has 2 aromatic heterocycles. The van der Waals surface area contributed by atoms with Crippen LogP contribution in [0.3, 0.4) is 0 Å². The van der Waals surface area contributed by atoms with Crippen LogP contribution in [-0.2, 0) is 5.60 Å². The number of anilines is 1. The highest BCUT2D eigenvalue weighted by atomic mass is 16.3. The molecule has 0 aromatic carbocycles. The number of amides is 2. The molecule has 24 heavy (non-hydrogen) atoms. The van der Waals surface area contributed by atoms with Gasteiger partial charge in [0.15, 0.2) is 11.6 Å². The van der Waals surface area contributed by atoms with Gasteiger partial charge in [-0.3, -0.25) is 5.32 Å². The summed E-state index contributed by atoms with van der Waals surface area (Å²) in [6, 6.07) is 5.24. The molecule has 0 aliphatic heterocycles. The van der Waals surface area contributed by atoms with Crippen LogP contribution in [0.2, 0.25) is 0 Å². The Kier molecular flexibility index (Phi) is 4.28. The molecule has 2 heterocycles. The summed E-state index contributed by atoms with van der Waals surface area (Å²) in [5, 5.41) is 19.9. The van der Waals surface area contributed by atoms with Crippen molar-refractivity contribution in [3.63, 3.8) is 0 Å². The van der Waals surface area contributed by atoms with Crippen LogP contribution in [0.1, 0.15) is 39.2 Å². The third-order valence-electron chi connectivity index (χ3n) is 4.21. The highest BCUT2D eigenvalue weighted by Gasteiger charge is 2.28. The van der Waals surface area contributed by atoms with Gasteiger partial charge < -0.3 is 10.4 Å². The Morgan fingerprint density at radius 1 is 1.38 bits per heavy atom. The van der Waals surface area contributed by atoms with E-state index >= 15 is 0 Å². The lowest BCUT2D eigenvalue weighted by molar-refractivity contribution is 0.0782. The van der Waals surface area contributed by atoms with Gasteiger partial charge in [-0.2, -0.15) is 0 Å². The van der Waals surface area contributed by atoms with Crippen molar-refractivity contribution in [2.75, 3.05) is 5.32 Å². The molecule has 0 radical (unpaired) electrons. The first kappa shape index (κ1) is 16.4. The maximum atomic E-state index is 11.9. The fourth-order valence-corrected chi connectivity index (χ4v) is 2.47. The smallest absolute Gasteiger partial charge is 0.320 e. The van der Waals surface area contributed by atoms with Crippen molar-refractivity contribution < 1.29 is 9.90 Å². The Morgan fingerprint density at radius 2 is 2.12 bits per heavy atom. The summed E-state index contributed by atoms with van der Waals surface area (Å²) < 4.78 is 1.58. The van der Waals surface area contributed by atoms with Crippen LogP contribution in [-0.4, -0.2) is 31.9 Å². The van der Waals surface area contributed by atoms with Gasteiger partial charge in [0, 0.05) is 30.1 Å². The molecule has 1 fully saturated rings. The zero-order valence-electron chi connectivity index (χ0n) is 14.2. The van der Waals surface area contributed by atoms with E-state index in [1.54, 1.807) is 49.1 Å². The molecule has 1 aliphatic rings. The van der Waals surface area contributed by atoms with Crippen molar-refractivity contribution in [2.24, 2.45) is 5.92 Å². The average Bonchev–Trinajstić information content (AvgIpc) is 3.27. The van der Waals surface area contributed by atoms with Crippen molar-refractivity contribution in [3.8, 4) is 5.82 Å².